The molecule has 0 fully saturated rings. The van der Waals surface area contributed by atoms with Crippen molar-refractivity contribution < 1.29 is 40.0 Å². The number of carboxylic acid groups (broad SMARTS) is 2. The Morgan fingerprint density at radius 3 is 1.29 bits per heavy atom. The van der Waals surface area contributed by atoms with Crippen LogP contribution >= 0.6 is 0 Å². The van der Waals surface area contributed by atoms with Gasteiger partial charge in [0.2, 0.25) is 0 Å². The normalized spacial score (nSPS) is 3.43. The van der Waals surface area contributed by atoms with Gasteiger partial charge < -0.3 is 20.5 Å². The SMILES string of the molecule is O=C([O-])[O-].[Al+3].[OH-].[Zn+2]. The van der Waals surface area contributed by atoms with Crippen LogP contribution in [0.4, 0.5) is 4.79 Å². The summed E-state index contributed by atoms with van der Waals surface area (Å²) in [5.74, 6) is 0. The van der Waals surface area contributed by atoms with Crippen LogP contribution in [0.15, 0.2) is 0 Å². The Bertz CT molecular complexity index is 34.7. The minimum absolute atomic E-state index is 0. The maximum atomic E-state index is 8.33. The molecule has 0 rings (SSSR count). The first kappa shape index (κ1) is 26.3. The van der Waals surface area contributed by atoms with Gasteiger partial charge in [-0.05, 0) is 6.16 Å². The van der Waals surface area contributed by atoms with E-state index in [0.717, 1.165) is 0 Å². The fourth-order valence-electron chi connectivity index (χ4n) is 0. The molecule has 0 aliphatic carbocycles. The van der Waals surface area contributed by atoms with Gasteiger partial charge in [0.15, 0.2) is 0 Å². The fraction of sp³-hybridized carbons (Fsp3) is 0. The van der Waals surface area contributed by atoms with Crippen molar-refractivity contribution in [3.8, 4) is 0 Å². The second-order valence-electron chi connectivity index (χ2n) is 0.250. The van der Waals surface area contributed by atoms with Gasteiger partial charge in [0.25, 0.3) is 0 Å². The Kier molecular flexibility index (Phi) is 60.6. The molecule has 6 heteroatoms. The van der Waals surface area contributed by atoms with Crippen molar-refractivity contribution in [2.75, 3.05) is 0 Å². The van der Waals surface area contributed by atoms with Crippen molar-refractivity contribution in [1.29, 1.82) is 0 Å². The van der Waals surface area contributed by atoms with Crippen LogP contribution in [0.1, 0.15) is 0 Å². The summed E-state index contributed by atoms with van der Waals surface area (Å²) in [6, 6.07) is 0. The second kappa shape index (κ2) is 16.2. The van der Waals surface area contributed by atoms with Gasteiger partial charge in [0, 0.05) is 0 Å². The van der Waals surface area contributed by atoms with E-state index in [9.17, 15) is 0 Å². The van der Waals surface area contributed by atoms with E-state index in [0.29, 0.717) is 0 Å². The molecule has 0 spiro atoms. The zero-order valence-electron chi connectivity index (χ0n) is 3.46. The molecule has 0 aromatic heterocycles. The number of carbonyl (C=O) groups is 1. The second-order valence-corrected chi connectivity index (χ2v) is 0.250. The quantitative estimate of drug-likeness (QED) is 0.361. The topological polar surface area (TPSA) is 93.2 Å². The fourth-order valence-corrected chi connectivity index (χ4v) is 0. The molecule has 0 saturated heterocycles. The molecule has 0 heterocycles. The standard InChI is InChI=1S/CH2O3.Al.H2O.Zn/c2-1(3)4;;;/h(H2,2,3,4);;1H2;/q;+3;;+2/p-3. The third-order valence-corrected chi connectivity index (χ3v) is 0. The molecule has 0 amide bonds. The van der Waals surface area contributed by atoms with Gasteiger partial charge in [0.1, 0.15) is 0 Å². The van der Waals surface area contributed by atoms with E-state index in [4.69, 9.17) is 15.0 Å². The van der Waals surface area contributed by atoms with Crippen molar-refractivity contribution >= 4 is 23.5 Å². The third-order valence-electron chi connectivity index (χ3n) is 0. The number of carbonyl (C=O) groups excluding carboxylic acids is 1. The van der Waals surface area contributed by atoms with Crippen LogP contribution in [0.25, 0.3) is 0 Å². The smallest absolute Gasteiger partial charge is 0.870 e. The number of rotatable bonds is 0. The number of hydrogen-bond acceptors (Lipinski definition) is 4. The molecule has 4 nitrogen and oxygen atoms in total. The van der Waals surface area contributed by atoms with Crippen molar-refractivity contribution in [2.45, 2.75) is 0 Å². The van der Waals surface area contributed by atoms with Gasteiger partial charge in [-0.15, -0.1) is 0 Å². The Morgan fingerprint density at radius 1 is 1.29 bits per heavy atom. The molecule has 0 aromatic rings. The minimum Gasteiger partial charge on any atom is -0.870 e. The van der Waals surface area contributed by atoms with Crippen LogP contribution in [0.3, 0.4) is 0 Å². The predicted molar refractivity (Wildman–Crippen MR) is 13.1 cm³/mol. The van der Waals surface area contributed by atoms with E-state index >= 15 is 0 Å². The Morgan fingerprint density at radius 2 is 1.29 bits per heavy atom. The van der Waals surface area contributed by atoms with Crippen molar-refractivity contribution in [1.82, 2.24) is 0 Å². The van der Waals surface area contributed by atoms with Crippen LogP contribution in [0.5, 0.6) is 0 Å². The van der Waals surface area contributed by atoms with Gasteiger partial charge >= 0.3 is 36.8 Å². The summed E-state index contributed by atoms with van der Waals surface area (Å²) in [5, 5.41) is 16.7. The first-order valence-electron chi connectivity index (χ1n) is 0.612. The molecule has 0 unspecified atom stereocenters. The van der Waals surface area contributed by atoms with Crippen LogP contribution in [0, 0.1) is 0 Å². The monoisotopic (exact) mass is 168 g/mol. The molecule has 0 aromatic carbocycles. The van der Waals surface area contributed by atoms with Crippen LogP contribution in [0.2, 0.25) is 0 Å². The molecular formula is CHAlO4Zn+2. The zero-order valence-corrected chi connectivity index (χ0v) is 7.58. The van der Waals surface area contributed by atoms with E-state index in [-0.39, 0.29) is 42.3 Å². The molecule has 0 saturated carbocycles. The molecule has 0 aliphatic heterocycles. The van der Waals surface area contributed by atoms with Crippen molar-refractivity contribution in [3.05, 3.63) is 0 Å². The Hall–Kier alpha value is 0.386. The summed E-state index contributed by atoms with van der Waals surface area (Å²) in [7, 11) is 0. The molecule has 7 heavy (non-hydrogen) atoms. The molecule has 1 N–H and O–H groups in total. The summed E-state index contributed by atoms with van der Waals surface area (Å²) in [5.41, 5.74) is 0. The van der Waals surface area contributed by atoms with Gasteiger partial charge in [-0.3, -0.25) is 0 Å². The van der Waals surface area contributed by atoms with E-state index in [1.807, 2.05) is 0 Å². The first-order valence-corrected chi connectivity index (χ1v) is 0.612. The molecular weight excluding hydrogens is 168 g/mol. The van der Waals surface area contributed by atoms with Crippen molar-refractivity contribution in [2.24, 2.45) is 0 Å². The minimum atomic E-state index is -2.33. The average Bonchev–Trinajstić information content (AvgIpc) is 0.811. The van der Waals surface area contributed by atoms with Gasteiger partial charge in [-0.2, -0.15) is 0 Å². The Balaban J connectivity index is -0.0000000150. The Labute approximate surface area is 63.7 Å². The van der Waals surface area contributed by atoms with E-state index < -0.39 is 6.16 Å². The van der Waals surface area contributed by atoms with E-state index in [1.165, 1.54) is 0 Å². The summed E-state index contributed by atoms with van der Waals surface area (Å²) < 4.78 is 0. The first-order chi connectivity index (χ1) is 1.73. The molecule has 0 bridgehead atoms. The molecule has 32 valence electrons. The largest absolute Gasteiger partial charge is 3.00 e. The third kappa shape index (κ3) is 825. The maximum Gasteiger partial charge on any atom is 3.00 e. The maximum absolute atomic E-state index is 8.33. The molecule has 0 atom stereocenters. The summed E-state index contributed by atoms with van der Waals surface area (Å²) >= 11 is 0. The van der Waals surface area contributed by atoms with E-state index in [1.54, 1.807) is 0 Å². The summed E-state index contributed by atoms with van der Waals surface area (Å²) in [4.78, 5) is 8.33. The van der Waals surface area contributed by atoms with Gasteiger partial charge in [0.05, 0.1) is 0 Å². The van der Waals surface area contributed by atoms with Crippen LogP contribution in [-0.2, 0) is 19.5 Å². The predicted octanol–water partition coefficient (Wildman–Crippen LogP) is -3.01. The molecule has 0 aliphatic rings. The van der Waals surface area contributed by atoms with Gasteiger partial charge in [-0.25, -0.2) is 0 Å². The van der Waals surface area contributed by atoms with Crippen LogP contribution < -0.4 is 10.2 Å². The van der Waals surface area contributed by atoms with E-state index in [2.05, 4.69) is 0 Å². The van der Waals surface area contributed by atoms with Gasteiger partial charge in [-0.1, -0.05) is 0 Å². The molecule has 0 radical (unpaired) electrons. The zero-order chi connectivity index (χ0) is 3.58. The summed E-state index contributed by atoms with van der Waals surface area (Å²) in [6.45, 7) is 0. The van der Waals surface area contributed by atoms with Crippen LogP contribution in [-0.4, -0.2) is 29.0 Å². The van der Waals surface area contributed by atoms with Crippen molar-refractivity contribution in [3.63, 3.8) is 0 Å². The number of hydrogen-bond donors (Lipinski definition) is 0. The summed E-state index contributed by atoms with van der Waals surface area (Å²) in [6.07, 6.45) is -2.33. The average molecular weight is 169 g/mol.